The van der Waals surface area contributed by atoms with E-state index >= 15 is 0 Å². The molecule has 0 saturated carbocycles. The molecule has 348 valence electrons. The van der Waals surface area contributed by atoms with Gasteiger partial charge in [-0.15, -0.1) is 24.3 Å². The number of hydrogen-bond acceptors (Lipinski definition) is 6. The molecule has 0 aliphatic heterocycles. The first kappa shape index (κ1) is 50.4. The number of aromatic hydroxyl groups is 2. The molecule has 0 aromatic heterocycles. The van der Waals surface area contributed by atoms with Crippen LogP contribution in [-0.2, 0) is 50.1 Å². The Balaban J connectivity index is 0.000000402. The zero-order valence-corrected chi connectivity index (χ0v) is 43.1. The number of methoxy groups -OCH3 is 2. The largest absolute Gasteiger partial charge is 2.00 e. The number of nitrogens with zero attached hydrogens (tertiary/aromatic N) is 2. The Morgan fingerprint density at radius 1 is 0.420 bits per heavy atom. The fraction of sp³-hybridized carbons (Fsp3) is 0.194. The summed E-state index contributed by atoms with van der Waals surface area (Å²) in [4.78, 5) is 4.44. The molecule has 2 aliphatic carbocycles. The summed E-state index contributed by atoms with van der Waals surface area (Å²) in [6.07, 6.45) is 0. The standard InChI is InChI=1S/C48H48N2O4.2C7H7.Zr/c1-47(39-19-11-7-15-35(39)36-16-8-12-20-40(36)47)43-27-33(53-5)25-31(45(43)51)29-49(3)23-24-50(4)30-32-26-34(54-6)28-44(46(32)52)48(2)41-21-13-9-17-37(41)38-18-10-14-22-42(38)48;2*1-7-5-3-2-4-6-7;/h7-22,25-28,51-52H,23-24,29-30H2,1-6H3;2*2-6H,1H2;/q;2*-1;+2. The Bertz CT molecular complexity index is 2710. The van der Waals surface area contributed by atoms with Crippen molar-refractivity contribution in [3.63, 3.8) is 0 Å². The summed E-state index contributed by atoms with van der Waals surface area (Å²) in [7, 11) is 7.51. The van der Waals surface area contributed by atoms with Gasteiger partial charge in [0, 0.05) is 59.3 Å². The van der Waals surface area contributed by atoms with Crippen LogP contribution in [-0.4, -0.2) is 61.4 Å². The molecule has 8 aromatic rings. The average Bonchev–Trinajstić information content (AvgIpc) is 3.78. The topological polar surface area (TPSA) is 65.4 Å². The molecular formula is C62H62N2O4Zr. The van der Waals surface area contributed by atoms with Gasteiger partial charge in [0.15, 0.2) is 0 Å². The smallest absolute Gasteiger partial charge is 0.507 e. The molecule has 2 aliphatic rings. The third-order valence-corrected chi connectivity index (χ3v) is 13.7. The van der Waals surface area contributed by atoms with E-state index in [1.54, 1.807) is 14.2 Å². The van der Waals surface area contributed by atoms with Crippen LogP contribution in [0.2, 0.25) is 0 Å². The van der Waals surface area contributed by atoms with Crippen LogP contribution < -0.4 is 9.47 Å². The second-order valence-corrected chi connectivity index (χ2v) is 18.2. The Hall–Kier alpha value is -6.50. The molecule has 8 aromatic carbocycles. The zero-order chi connectivity index (χ0) is 48.0. The Morgan fingerprint density at radius 2 is 0.696 bits per heavy atom. The molecule has 0 bridgehead atoms. The number of likely N-dealkylation sites (N-methyl/N-ethyl adjacent to an activating group) is 2. The van der Waals surface area contributed by atoms with Crippen molar-refractivity contribution in [1.29, 1.82) is 0 Å². The van der Waals surface area contributed by atoms with Crippen molar-refractivity contribution in [1.82, 2.24) is 9.80 Å². The molecule has 0 saturated heterocycles. The monoisotopic (exact) mass is 988 g/mol. The maximum Gasteiger partial charge on any atom is 2.00 e. The molecule has 0 amide bonds. The molecule has 7 heteroatoms. The molecule has 0 spiro atoms. The van der Waals surface area contributed by atoms with E-state index in [1.165, 1.54) is 44.5 Å². The van der Waals surface area contributed by atoms with E-state index in [0.29, 0.717) is 24.6 Å². The van der Waals surface area contributed by atoms with Gasteiger partial charge in [-0.25, -0.2) is 0 Å². The number of ether oxygens (including phenoxy) is 2. The molecule has 0 atom stereocenters. The summed E-state index contributed by atoms with van der Waals surface area (Å²) in [5, 5.41) is 24.0. The van der Waals surface area contributed by atoms with Crippen molar-refractivity contribution in [2.75, 3.05) is 41.4 Å². The average molecular weight is 990 g/mol. The second-order valence-electron chi connectivity index (χ2n) is 18.2. The van der Waals surface area contributed by atoms with E-state index in [2.05, 4.69) is 149 Å². The van der Waals surface area contributed by atoms with Crippen LogP contribution in [0.25, 0.3) is 22.3 Å². The maximum absolute atomic E-state index is 12.0. The summed E-state index contributed by atoms with van der Waals surface area (Å²) >= 11 is 0. The molecule has 0 unspecified atom stereocenters. The number of phenols is 2. The number of hydrogen-bond donors (Lipinski definition) is 2. The van der Waals surface area contributed by atoms with Gasteiger partial charge < -0.3 is 29.5 Å². The molecule has 69 heavy (non-hydrogen) atoms. The van der Waals surface area contributed by atoms with Gasteiger partial charge >= 0.3 is 26.2 Å². The van der Waals surface area contributed by atoms with Gasteiger partial charge in [0.2, 0.25) is 0 Å². The van der Waals surface area contributed by atoms with Crippen LogP contribution in [0.5, 0.6) is 23.0 Å². The molecule has 0 heterocycles. The van der Waals surface area contributed by atoms with Crippen molar-refractivity contribution in [2.45, 2.75) is 37.8 Å². The van der Waals surface area contributed by atoms with Crippen molar-refractivity contribution < 1.29 is 45.9 Å². The third-order valence-electron chi connectivity index (χ3n) is 13.7. The molecule has 0 radical (unpaired) electrons. The van der Waals surface area contributed by atoms with Gasteiger partial charge in [0.05, 0.1) is 14.2 Å². The summed E-state index contributed by atoms with van der Waals surface area (Å²) < 4.78 is 11.7. The van der Waals surface area contributed by atoms with Gasteiger partial charge in [0.25, 0.3) is 0 Å². The molecule has 0 fully saturated rings. The van der Waals surface area contributed by atoms with Crippen molar-refractivity contribution in [3.8, 4) is 45.3 Å². The van der Waals surface area contributed by atoms with Crippen LogP contribution >= 0.6 is 0 Å². The van der Waals surface area contributed by atoms with E-state index in [-0.39, 0.29) is 26.2 Å². The van der Waals surface area contributed by atoms with Crippen LogP contribution in [0.4, 0.5) is 0 Å². The van der Waals surface area contributed by atoms with Gasteiger partial charge in [-0.05, 0) is 96.7 Å². The number of rotatable bonds is 11. The summed E-state index contributed by atoms with van der Waals surface area (Å²) in [6.45, 7) is 14.4. The second kappa shape index (κ2) is 21.9. The van der Waals surface area contributed by atoms with Crippen molar-refractivity contribution >= 4 is 0 Å². The minimum absolute atomic E-state index is 0. The quantitative estimate of drug-likeness (QED) is 0.126. The maximum atomic E-state index is 12.0. The van der Waals surface area contributed by atoms with Crippen molar-refractivity contribution in [2.24, 2.45) is 0 Å². The van der Waals surface area contributed by atoms with E-state index in [4.69, 9.17) is 9.47 Å². The normalized spacial score (nSPS) is 13.0. The van der Waals surface area contributed by atoms with E-state index in [1.807, 2.05) is 84.9 Å². The van der Waals surface area contributed by atoms with E-state index in [9.17, 15) is 10.2 Å². The van der Waals surface area contributed by atoms with Crippen LogP contribution in [0.3, 0.4) is 0 Å². The Labute approximate surface area is 429 Å². The van der Waals surface area contributed by atoms with Gasteiger partial charge in [-0.3, -0.25) is 0 Å². The molecule has 2 N–H and O–H groups in total. The summed E-state index contributed by atoms with van der Waals surface area (Å²) in [5.74, 6) is 2.03. The number of fused-ring (bicyclic) bond motifs is 6. The molecule has 6 nitrogen and oxygen atoms in total. The van der Waals surface area contributed by atoms with Gasteiger partial charge in [-0.1, -0.05) is 109 Å². The van der Waals surface area contributed by atoms with Gasteiger partial charge in [0.1, 0.15) is 23.0 Å². The molecular weight excluding hydrogens is 928 g/mol. The zero-order valence-electron chi connectivity index (χ0n) is 40.7. The van der Waals surface area contributed by atoms with E-state index < -0.39 is 10.8 Å². The fourth-order valence-corrected chi connectivity index (χ4v) is 10.1. The van der Waals surface area contributed by atoms with Crippen molar-refractivity contribution in [3.05, 3.63) is 251 Å². The minimum atomic E-state index is -0.545. The Morgan fingerprint density at radius 3 is 0.957 bits per heavy atom. The van der Waals surface area contributed by atoms with Crippen LogP contribution in [0.1, 0.15) is 69.5 Å². The SMILES string of the molecule is COc1cc(CN(C)CCN(C)Cc2cc(OC)cc(C3(C)c4ccccc4-c4ccccc43)c2O)c(O)c(C2(C)c3ccccc3-c3ccccc32)c1.[CH2-]c1ccccc1.[CH2-]c1ccccc1.[Zr+2]. The summed E-state index contributed by atoms with van der Waals surface area (Å²) in [6, 6.07) is 61.6. The first-order valence-corrected chi connectivity index (χ1v) is 23.2. The predicted molar refractivity (Wildman–Crippen MR) is 279 cm³/mol. The van der Waals surface area contributed by atoms with Gasteiger partial charge in [-0.2, -0.15) is 49.2 Å². The number of phenolic OH excluding ortho intramolecular Hbond substituents is 2. The summed E-state index contributed by atoms with van der Waals surface area (Å²) in [5.41, 5.74) is 13.8. The first-order chi connectivity index (χ1) is 32.9. The predicted octanol–water partition coefficient (Wildman–Crippen LogP) is 13.1. The fourth-order valence-electron chi connectivity index (χ4n) is 10.1. The Kier molecular flexibility index (Phi) is 16.0. The minimum Gasteiger partial charge on any atom is -0.507 e. The number of benzene rings is 8. The molecule has 10 rings (SSSR count). The van der Waals surface area contributed by atoms with E-state index in [0.717, 1.165) is 58.0 Å². The third kappa shape index (κ3) is 10.1. The van der Waals surface area contributed by atoms with Crippen LogP contribution in [0.15, 0.2) is 182 Å². The van der Waals surface area contributed by atoms with Crippen LogP contribution in [0, 0.1) is 13.8 Å². The first-order valence-electron chi connectivity index (χ1n) is 23.2.